The fraction of sp³-hybridized carbons (Fsp3) is 0.320. The van der Waals surface area contributed by atoms with Crippen LogP contribution < -0.4 is 16.6 Å². The Labute approximate surface area is 208 Å². The average Bonchev–Trinajstić information content (AvgIpc) is 2.86. The van der Waals surface area contributed by atoms with Crippen LogP contribution in [0.2, 0.25) is 5.02 Å². The highest BCUT2D eigenvalue weighted by Gasteiger charge is 2.16. The van der Waals surface area contributed by atoms with E-state index < -0.39 is 0 Å². The van der Waals surface area contributed by atoms with Gasteiger partial charge in [-0.3, -0.25) is 19.3 Å². The number of aryl methyl sites for hydroxylation is 2. The number of nitrogens with zero attached hydrogens (tertiary/aromatic N) is 5. The number of pyridine rings is 1. The molecule has 0 amide bonds. The average molecular weight is 494 g/mol. The number of anilines is 1. The molecule has 3 N–H and O–H groups in total. The Bertz CT molecular complexity index is 1390. The molecule has 3 aromatic heterocycles. The Morgan fingerprint density at radius 3 is 2.69 bits per heavy atom. The second-order valence-electron chi connectivity index (χ2n) is 7.95. The van der Waals surface area contributed by atoms with Gasteiger partial charge in [0, 0.05) is 71.9 Å². The lowest BCUT2D eigenvalue weighted by Crippen LogP contribution is -2.22. The Kier molecular flexibility index (Phi) is 8.02. The second kappa shape index (κ2) is 11.4. The molecule has 0 aliphatic rings. The first-order chi connectivity index (χ1) is 17.0. The minimum absolute atomic E-state index is 0.162. The molecule has 182 valence electrons. The number of ether oxygens (including phenoxy) is 1. The van der Waals surface area contributed by atoms with Gasteiger partial charge in [-0.05, 0) is 32.4 Å². The Hall–Kier alpha value is -3.40. The lowest BCUT2D eigenvalue weighted by Gasteiger charge is -2.13. The topological polar surface area (TPSA) is 121 Å². The number of nitrogens with one attached hydrogen (secondary N) is 1. The fourth-order valence-electron chi connectivity index (χ4n) is 3.86. The molecule has 35 heavy (non-hydrogen) atoms. The molecule has 4 aromatic rings. The van der Waals surface area contributed by atoms with Crippen molar-refractivity contribution in [3.63, 3.8) is 0 Å². The number of nitrogens with two attached hydrogens (primary N) is 1. The van der Waals surface area contributed by atoms with Crippen LogP contribution in [-0.4, -0.2) is 50.8 Å². The van der Waals surface area contributed by atoms with Crippen molar-refractivity contribution in [2.24, 2.45) is 5.73 Å². The summed E-state index contributed by atoms with van der Waals surface area (Å²) in [5.74, 6) is 0.465. The molecule has 4 rings (SSSR count). The van der Waals surface area contributed by atoms with Crippen molar-refractivity contribution in [3.8, 4) is 22.4 Å². The van der Waals surface area contributed by atoms with Gasteiger partial charge in [-0.2, -0.15) is 4.98 Å². The Balaban J connectivity index is 1.65. The molecule has 0 atom stereocenters. The molecule has 0 unspecified atom stereocenters. The number of hydrogen-bond donors (Lipinski definition) is 2. The molecule has 0 aliphatic heterocycles. The summed E-state index contributed by atoms with van der Waals surface area (Å²) in [6, 6.07) is 7.36. The smallest absolute Gasteiger partial charge is 0.260 e. The standard InChI is InChI=1S/C25H28ClN7O2/c1-3-33-23-18(15-31-25(32-23)30-8-4-11-35-12-7-27)13-20(24(33)34)19-6-5-17(14-21(19)26)22-16(2)28-9-10-29-22/h5-6,9-10,13-15H,3-4,7-8,11-12,27H2,1-2H3,(H,30,31,32). The van der Waals surface area contributed by atoms with Crippen LogP contribution in [0.3, 0.4) is 0 Å². The summed E-state index contributed by atoms with van der Waals surface area (Å²) < 4.78 is 7.02. The van der Waals surface area contributed by atoms with Gasteiger partial charge in [0.1, 0.15) is 5.65 Å². The third-order valence-electron chi connectivity index (χ3n) is 5.57. The molecule has 0 radical (unpaired) electrons. The zero-order valence-electron chi connectivity index (χ0n) is 19.8. The van der Waals surface area contributed by atoms with Crippen LogP contribution in [0.4, 0.5) is 5.95 Å². The maximum atomic E-state index is 13.4. The van der Waals surface area contributed by atoms with E-state index in [1.807, 2.05) is 32.0 Å². The van der Waals surface area contributed by atoms with E-state index in [4.69, 9.17) is 22.1 Å². The van der Waals surface area contributed by atoms with E-state index in [1.165, 1.54) is 0 Å². The van der Waals surface area contributed by atoms with E-state index in [1.54, 1.807) is 29.2 Å². The van der Waals surface area contributed by atoms with Crippen LogP contribution in [0.15, 0.2) is 47.7 Å². The second-order valence-corrected chi connectivity index (χ2v) is 8.35. The molecule has 3 heterocycles. The third kappa shape index (κ3) is 5.48. The maximum absolute atomic E-state index is 13.4. The van der Waals surface area contributed by atoms with Crippen LogP contribution in [0.25, 0.3) is 33.4 Å². The zero-order chi connectivity index (χ0) is 24.8. The van der Waals surface area contributed by atoms with Crippen LogP contribution >= 0.6 is 11.6 Å². The summed E-state index contributed by atoms with van der Waals surface area (Å²) in [6.45, 7) is 6.58. The van der Waals surface area contributed by atoms with Crippen LogP contribution in [0, 0.1) is 6.92 Å². The summed E-state index contributed by atoms with van der Waals surface area (Å²) in [6.07, 6.45) is 5.81. The lowest BCUT2D eigenvalue weighted by molar-refractivity contribution is 0.141. The molecule has 0 saturated carbocycles. The van der Waals surface area contributed by atoms with Gasteiger partial charge in [0.15, 0.2) is 0 Å². The van der Waals surface area contributed by atoms with Crippen molar-refractivity contribution in [2.45, 2.75) is 26.8 Å². The minimum atomic E-state index is -0.162. The van der Waals surface area contributed by atoms with Crippen molar-refractivity contribution >= 4 is 28.6 Å². The number of benzene rings is 1. The van der Waals surface area contributed by atoms with E-state index >= 15 is 0 Å². The predicted octanol–water partition coefficient (Wildman–Crippen LogP) is 3.67. The molecule has 0 fully saturated rings. The molecule has 0 spiro atoms. The Morgan fingerprint density at radius 2 is 1.94 bits per heavy atom. The fourth-order valence-corrected chi connectivity index (χ4v) is 4.14. The highest BCUT2D eigenvalue weighted by molar-refractivity contribution is 6.33. The molecule has 0 aliphatic carbocycles. The van der Waals surface area contributed by atoms with E-state index in [2.05, 4.69) is 25.3 Å². The van der Waals surface area contributed by atoms with Crippen LogP contribution in [0.1, 0.15) is 19.0 Å². The van der Waals surface area contributed by atoms with Crippen molar-refractivity contribution < 1.29 is 4.74 Å². The molecule has 0 bridgehead atoms. The first-order valence-corrected chi connectivity index (χ1v) is 11.9. The first kappa shape index (κ1) is 24.7. The summed E-state index contributed by atoms with van der Waals surface area (Å²) in [7, 11) is 0. The highest BCUT2D eigenvalue weighted by atomic mass is 35.5. The van der Waals surface area contributed by atoms with E-state index in [0.717, 1.165) is 28.8 Å². The van der Waals surface area contributed by atoms with Gasteiger partial charge in [-0.25, -0.2) is 4.98 Å². The van der Waals surface area contributed by atoms with Crippen molar-refractivity contribution in [1.82, 2.24) is 24.5 Å². The first-order valence-electron chi connectivity index (χ1n) is 11.5. The highest BCUT2D eigenvalue weighted by Crippen LogP contribution is 2.32. The van der Waals surface area contributed by atoms with Gasteiger partial charge in [0.25, 0.3) is 5.56 Å². The number of rotatable bonds is 10. The van der Waals surface area contributed by atoms with E-state index in [9.17, 15) is 4.79 Å². The number of aromatic nitrogens is 5. The maximum Gasteiger partial charge on any atom is 0.260 e. The van der Waals surface area contributed by atoms with Gasteiger partial charge >= 0.3 is 0 Å². The molecule has 9 nitrogen and oxygen atoms in total. The minimum Gasteiger partial charge on any atom is -0.380 e. The number of halogens is 1. The normalized spacial score (nSPS) is 11.2. The quantitative estimate of drug-likeness (QED) is 0.321. The van der Waals surface area contributed by atoms with Crippen molar-refractivity contribution in [2.75, 3.05) is 31.6 Å². The molecule has 10 heteroatoms. The molecular formula is C25H28ClN7O2. The Morgan fingerprint density at radius 1 is 1.11 bits per heavy atom. The SMILES string of the molecule is CCn1c(=O)c(-c2ccc(-c3nccnc3C)cc2Cl)cc2cnc(NCCCOCCN)nc21. The summed E-state index contributed by atoms with van der Waals surface area (Å²) >= 11 is 6.66. The van der Waals surface area contributed by atoms with Gasteiger partial charge < -0.3 is 15.8 Å². The number of hydrogen-bond acceptors (Lipinski definition) is 8. The van der Waals surface area contributed by atoms with Crippen LogP contribution in [-0.2, 0) is 11.3 Å². The van der Waals surface area contributed by atoms with Gasteiger partial charge in [0.2, 0.25) is 5.95 Å². The van der Waals surface area contributed by atoms with Gasteiger partial charge in [0.05, 0.1) is 18.0 Å². The monoisotopic (exact) mass is 493 g/mol. The predicted molar refractivity (Wildman–Crippen MR) is 139 cm³/mol. The van der Waals surface area contributed by atoms with E-state index in [-0.39, 0.29) is 5.56 Å². The largest absolute Gasteiger partial charge is 0.380 e. The lowest BCUT2D eigenvalue weighted by atomic mass is 10.0. The summed E-state index contributed by atoms with van der Waals surface area (Å²) in [4.78, 5) is 31.1. The molecule has 0 saturated heterocycles. The number of fused-ring (bicyclic) bond motifs is 1. The van der Waals surface area contributed by atoms with Crippen LogP contribution in [0.5, 0.6) is 0 Å². The molecule has 1 aromatic carbocycles. The van der Waals surface area contributed by atoms with E-state index in [0.29, 0.717) is 60.6 Å². The van der Waals surface area contributed by atoms with Crippen molar-refractivity contribution in [3.05, 3.63) is 63.9 Å². The third-order valence-corrected chi connectivity index (χ3v) is 5.88. The summed E-state index contributed by atoms with van der Waals surface area (Å²) in [5.41, 5.74) is 9.37. The summed E-state index contributed by atoms with van der Waals surface area (Å²) in [5, 5.41) is 4.40. The molecular weight excluding hydrogens is 466 g/mol. The van der Waals surface area contributed by atoms with Gasteiger partial charge in [-0.15, -0.1) is 0 Å². The zero-order valence-corrected chi connectivity index (χ0v) is 20.5. The van der Waals surface area contributed by atoms with Gasteiger partial charge in [-0.1, -0.05) is 23.7 Å². The van der Waals surface area contributed by atoms with Crippen molar-refractivity contribution in [1.29, 1.82) is 0 Å².